The molecule has 3 rings (SSSR count). The lowest BCUT2D eigenvalue weighted by atomic mass is 10.1. The molecule has 3 aromatic rings. The second-order valence-corrected chi connectivity index (χ2v) is 6.53. The summed E-state index contributed by atoms with van der Waals surface area (Å²) in [6, 6.07) is 12.1. The Morgan fingerprint density at radius 1 is 1.26 bits per heavy atom. The van der Waals surface area contributed by atoms with Crippen molar-refractivity contribution >= 4 is 51.0 Å². The first-order chi connectivity index (χ1) is 9.13. The number of nitrogens with two attached hydrogens (primary N) is 1. The Hall–Kier alpha value is -1.36. The normalized spacial score (nSPS) is 11.0. The number of halogens is 1. The number of fused-ring (bicyclic) bond motifs is 1. The monoisotopic (exact) mass is 306 g/mol. The van der Waals surface area contributed by atoms with Crippen molar-refractivity contribution in [3.05, 3.63) is 57.4 Å². The Labute approximate surface area is 125 Å². The summed E-state index contributed by atoms with van der Waals surface area (Å²) >= 11 is 12.6. The summed E-state index contributed by atoms with van der Waals surface area (Å²) in [5, 5.41) is 1.15. The fourth-order valence-corrected chi connectivity index (χ4v) is 3.31. The summed E-state index contributed by atoms with van der Waals surface area (Å²) in [7, 11) is 0. The van der Waals surface area contributed by atoms with Crippen LogP contribution in [0.3, 0.4) is 0 Å². The number of hydrogen-bond acceptors (Lipinski definition) is 2. The molecule has 0 aliphatic heterocycles. The highest BCUT2D eigenvalue weighted by molar-refractivity contribution is 7.80. The second kappa shape index (κ2) is 4.96. The topological polar surface area (TPSA) is 30.9 Å². The van der Waals surface area contributed by atoms with E-state index < -0.39 is 0 Å². The van der Waals surface area contributed by atoms with Gasteiger partial charge in [-0.15, -0.1) is 11.3 Å². The number of benzene rings is 1. The standard InChI is InChI=1S/C14H11ClN2S2/c15-13-4-2-11(19-13)8-17-6-5-9-7-10(14(16)18)1-3-12(9)17/h1-7H,8H2,(H2,16,18). The average Bonchev–Trinajstić information content (AvgIpc) is 2.96. The third kappa shape index (κ3) is 2.52. The van der Waals surface area contributed by atoms with Gasteiger partial charge in [0, 0.05) is 27.5 Å². The van der Waals surface area contributed by atoms with E-state index in [9.17, 15) is 0 Å². The van der Waals surface area contributed by atoms with Gasteiger partial charge >= 0.3 is 0 Å². The molecule has 2 N–H and O–H groups in total. The molecule has 0 saturated carbocycles. The predicted molar refractivity (Wildman–Crippen MR) is 86.3 cm³/mol. The molecule has 0 saturated heterocycles. The van der Waals surface area contributed by atoms with Gasteiger partial charge in [-0.3, -0.25) is 0 Å². The van der Waals surface area contributed by atoms with Crippen LogP contribution in [0.25, 0.3) is 10.9 Å². The van der Waals surface area contributed by atoms with Gasteiger partial charge in [-0.05, 0) is 36.4 Å². The number of thiocarbonyl (C=S) groups is 1. The fraction of sp³-hybridized carbons (Fsp3) is 0.0714. The average molecular weight is 307 g/mol. The lowest BCUT2D eigenvalue weighted by Crippen LogP contribution is -2.08. The third-order valence-electron chi connectivity index (χ3n) is 3.01. The largest absolute Gasteiger partial charge is 0.389 e. The van der Waals surface area contributed by atoms with Crippen molar-refractivity contribution in [1.82, 2.24) is 4.57 Å². The van der Waals surface area contributed by atoms with Crippen LogP contribution in [0.15, 0.2) is 42.6 Å². The zero-order valence-corrected chi connectivity index (χ0v) is 12.4. The van der Waals surface area contributed by atoms with Gasteiger partial charge in [0.05, 0.1) is 10.9 Å². The van der Waals surface area contributed by atoms with Gasteiger partial charge in [-0.1, -0.05) is 23.8 Å². The van der Waals surface area contributed by atoms with E-state index in [-0.39, 0.29) is 0 Å². The van der Waals surface area contributed by atoms with Crippen molar-refractivity contribution in [3.8, 4) is 0 Å². The summed E-state index contributed by atoms with van der Waals surface area (Å²) < 4.78 is 3.02. The van der Waals surface area contributed by atoms with Crippen LogP contribution in [0.5, 0.6) is 0 Å². The second-order valence-electron chi connectivity index (χ2n) is 4.29. The maximum absolute atomic E-state index is 5.96. The van der Waals surface area contributed by atoms with E-state index in [0.717, 1.165) is 21.8 Å². The smallest absolute Gasteiger partial charge is 0.104 e. The molecule has 0 aliphatic carbocycles. The molecule has 0 spiro atoms. The summed E-state index contributed by atoms with van der Waals surface area (Å²) in [6.45, 7) is 0.827. The maximum atomic E-state index is 5.96. The Kier molecular flexibility index (Phi) is 3.31. The maximum Gasteiger partial charge on any atom is 0.104 e. The van der Waals surface area contributed by atoms with Gasteiger partial charge in [0.25, 0.3) is 0 Å². The Morgan fingerprint density at radius 2 is 2.11 bits per heavy atom. The molecule has 0 unspecified atom stereocenters. The first kappa shape index (κ1) is 12.7. The predicted octanol–water partition coefficient (Wildman–Crippen LogP) is 4.04. The molecule has 0 aliphatic rings. The lowest BCUT2D eigenvalue weighted by Gasteiger charge is -2.04. The Bertz CT molecular complexity index is 758. The van der Waals surface area contributed by atoms with Crippen molar-refractivity contribution in [3.63, 3.8) is 0 Å². The zero-order valence-electron chi connectivity index (χ0n) is 9.97. The highest BCUT2D eigenvalue weighted by atomic mass is 35.5. The molecule has 5 heteroatoms. The molecule has 0 fully saturated rings. The number of hydrogen-bond donors (Lipinski definition) is 1. The Balaban J connectivity index is 1.99. The molecule has 0 bridgehead atoms. The summed E-state index contributed by atoms with van der Waals surface area (Å²) in [5.41, 5.74) is 7.72. The van der Waals surface area contributed by atoms with E-state index in [2.05, 4.69) is 29.0 Å². The van der Waals surface area contributed by atoms with Crippen LogP contribution in [-0.4, -0.2) is 9.56 Å². The van der Waals surface area contributed by atoms with Crippen molar-refractivity contribution in [2.45, 2.75) is 6.54 Å². The van der Waals surface area contributed by atoms with Gasteiger partial charge in [0.15, 0.2) is 0 Å². The molecule has 2 aromatic heterocycles. The summed E-state index contributed by atoms with van der Waals surface area (Å²) in [4.78, 5) is 1.67. The lowest BCUT2D eigenvalue weighted by molar-refractivity contribution is 0.851. The van der Waals surface area contributed by atoms with Gasteiger partial charge in [0.1, 0.15) is 4.99 Å². The number of thiophene rings is 1. The molecular weight excluding hydrogens is 296 g/mol. The van der Waals surface area contributed by atoms with Crippen LogP contribution >= 0.6 is 35.2 Å². The third-order valence-corrected chi connectivity index (χ3v) is 4.46. The SMILES string of the molecule is NC(=S)c1ccc2c(ccn2Cc2ccc(Cl)s2)c1. The van der Waals surface area contributed by atoms with Crippen molar-refractivity contribution in [2.24, 2.45) is 5.73 Å². The van der Waals surface area contributed by atoms with Crippen LogP contribution in [-0.2, 0) is 6.54 Å². The van der Waals surface area contributed by atoms with Crippen molar-refractivity contribution in [2.75, 3.05) is 0 Å². The molecule has 19 heavy (non-hydrogen) atoms. The van der Waals surface area contributed by atoms with Crippen molar-refractivity contribution in [1.29, 1.82) is 0 Å². The molecule has 96 valence electrons. The molecule has 1 aromatic carbocycles. The van der Waals surface area contributed by atoms with Crippen LogP contribution < -0.4 is 5.73 Å². The highest BCUT2D eigenvalue weighted by Crippen LogP contribution is 2.24. The van der Waals surface area contributed by atoms with Crippen LogP contribution in [0.2, 0.25) is 4.34 Å². The molecule has 0 amide bonds. The van der Waals surface area contributed by atoms with Crippen LogP contribution in [0.4, 0.5) is 0 Å². The van der Waals surface area contributed by atoms with Crippen LogP contribution in [0.1, 0.15) is 10.4 Å². The van der Waals surface area contributed by atoms with E-state index in [1.165, 1.54) is 10.4 Å². The highest BCUT2D eigenvalue weighted by Gasteiger charge is 2.05. The van der Waals surface area contributed by atoms with Gasteiger partial charge in [-0.25, -0.2) is 0 Å². The van der Waals surface area contributed by atoms with E-state index in [0.29, 0.717) is 4.99 Å². The van der Waals surface area contributed by atoms with Gasteiger partial charge < -0.3 is 10.3 Å². The molecule has 0 radical (unpaired) electrons. The number of rotatable bonds is 3. The molecule has 2 nitrogen and oxygen atoms in total. The molecule has 0 atom stereocenters. The van der Waals surface area contributed by atoms with E-state index >= 15 is 0 Å². The van der Waals surface area contributed by atoms with Gasteiger partial charge in [0.2, 0.25) is 0 Å². The Morgan fingerprint density at radius 3 is 2.79 bits per heavy atom. The minimum atomic E-state index is 0.430. The minimum Gasteiger partial charge on any atom is -0.389 e. The van der Waals surface area contributed by atoms with Crippen molar-refractivity contribution < 1.29 is 0 Å². The summed E-state index contributed by atoms with van der Waals surface area (Å²) in [6.07, 6.45) is 2.07. The molecular formula is C14H11ClN2S2. The zero-order chi connectivity index (χ0) is 13.4. The fourth-order valence-electron chi connectivity index (χ4n) is 2.10. The number of nitrogens with zero attached hydrogens (tertiary/aromatic N) is 1. The first-order valence-corrected chi connectivity index (χ1v) is 7.37. The quantitative estimate of drug-likeness (QED) is 0.740. The summed E-state index contributed by atoms with van der Waals surface area (Å²) in [5.74, 6) is 0. The van der Waals surface area contributed by atoms with Gasteiger partial charge in [-0.2, -0.15) is 0 Å². The molecule has 2 heterocycles. The van der Waals surface area contributed by atoms with E-state index in [1.54, 1.807) is 11.3 Å². The van der Waals surface area contributed by atoms with Crippen LogP contribution in [0, 0.1) is 0 Å². The van der Waals surface area contributed by atoms with E-state index in [4.69, 9.17) is 29.6 Å². The van der Waals surface area contributed by atoms with E-state index in [1.807, 2.05) is 18.2 Å². The number of aromatic nitrogens is 1. The first-order valence-electron chi connectivity index (χ1n) is 5.76. The minimum absolute atomic E-state index is 0.430.